The standard InChI is InChI=1S/C15H16O3S/c1-16-11-9-12(17-2)15(19)14(18-3)13(11)10-7-5-4-6-8-10/h4-9,19H,1-3H3. The van der Waals surface area contributed by atoms with Gasteiger partial charge in [0.2, 0.25) is 0 Å². The van der Waals surface area contributed by atoms with Crippen LogP contribution in [0.4, 0.5) is 0 Å². The van der Waals surface area contributed by atoms with Gasteiger partial charge in [0.1, 0.15) is 17.2 Å². The van der Waals surface area contributed by atoms with E-state index in [9.17, 15) is 0 Å². The van der Waals surface area contributed by atoms with E-state index in [1.54, 1.807) is 21.3 Å². The number of thiol groups is 1. The van der Waals surface area contributed by atoms with Crippen molar-refractivity contribution in [3.63, 3.8) is 0 Å². The predicted octanol–water partition coefficient (Wildman–Crippen LogP) is 3.67. The van der Waals surface area contributed by atoms with Crippen molar-refractivity contribution < 1.29 is 14.2 Å². The van der Waals surface area contributed by atoms with Crippen LogP contribution in [0.2, 0.25) is 0 Å². The molecule has 2 rings (SSSR count). The van der Waals surface area contributed by atoms with Crippen LogP contribution in [0.1, 0.15) is 0 Å². The summed E-state index contributed by atoms with van der Waals surface area (Å²) >= 11 is 4.47. The Morgan fingerprint density at radius 3 is 2.00 bits per heavy atom. The van der Waals surface area contributed by atoms with Gasteiger partial charge in [0, 0.05) is 6.07 Å². The summed E-state index contributed by atoms with van der Waals surface area (Å²) in [6.07, 6.45) is 0. The molecule has 0 spiro atoms. The van der Waals surface area contributed by atoms with E-state index >= 15 is 0 Å². The normalized spacial score (nSPS) is 10.1. The van der Waals surface area contributed by atoms with Crippen LogP contribution in [0.15, 0.2) is 41.3 Å². The molecule has 0 aliphatic rings. The molecule has 0 aliphatic carbocycles. The molecule has 2 aromatic rings. The molecule has 0 radical (unpaired) electrons. The molecular formula is C15H16O3S. The third kappa shape index (κ3) is 2.49. The van der Waals surface area contributed by atoms with E-state index in [0.717, 1.165) is 11.1 Å². The number of hydrogen-bond acceptors (Lipinski definition) is 4. The van der Waals surface area contributed by atoms with Crippen LogP contribution in [0.3, 0.4) is 0 Å². The third-order valence-corrected chi connectivity index (χ3v) is 3.31. The second kappa shape index (κ2) is 5.89. The lowest BCUT2D eigenvalue weighted by atomic mass is 10.0. The highest BCUT2D eigenvalue weighted by Gasteiger charge is 2.19. The molecule has 0 unspecified atom stereocenters. The molecular weight excluding hydrogens is 260 g/mol. The van der Waals surface area contributed by atoms with Gasteiger partial charge in [-0.1, -0.05) is 30.3 Å². The molecule has 0 atom stereocenters. The maximum absolute atomic E-state index is 5.48. The van der Waals surface area contributed by atoms with Crippen LogP contribution in [0.25, 0.3) is 11.1 Å². The van der Waals surface area contributed by atoms with Crippen molar-refractivity contribution in [1.29, 1.82) is 0 Å². The highest BCUT2D eigenvalue weighted by Crippen LogP contribution is 2.46. The van der Waals surface area contributed by atoms with Gasteiger partial charge in [-0.2, -0.15) is 0 Å². The first-order chi connectivity index (χ1) is 9.22. The topological polar surface area (TPSA) is 27.7 Å². The summed E-state index contributed by atoms with van der Waals surface area (Å²) in [6, 6.07) is 11.7. The lowest BCUT2D eigenvalue weighted by molar-refractivity contribution is 0.364. The predicted molar refractivity (Wildman–Crippen MR) is 78.8 cm³/mol. The molecule has 0 N–H and O–H groups in total. The van der Waals surface area contributed by atoms with Crippen molar-refractivity contribution >= 4 is 12.6 Å². The number of methoxy groups -OCH3 is 3. The molecule has 0 aromatic heterocycles. The van der Waals surface area contributed by atoms with Crippen molar-refractivity contribution in [3.8, 4) is 28.4 Å². The average molecular weight is 276 g/mol. The van der Waals surface area contributed by atoms with Gasteiger partial charge in [-0.25, -0.2) is 0 Å². The molecule has 100 valence electrons. The van der Waals surface area contributed by atoms with Crippen LogP contribution < -0.4 is 14.2 Å². The average Bonchev–Trinajstić information content (AvgIpc) is 2.47. The Morgan fingerprint density at radius 2 is 1.47 bits per heavy atom. The van der Waals surface area contributed by atoms with Gasteiger partial charge >= 0.3 is 0 Å². The number of ether oxygens (including phenoxy) is 3. The van der Waals surface area contributed by atoms with Crippen LogP contribution >= 0.6 is 12.6 Å². The maximum atomic E-state index is 5.48. The largest absolute Gasteiger partial charge is 0.496 e. The van der Waals surface area contributed by atoms with Crippen molar-refractivity contribution in [2.75, 3.05) is 21.3 Å². The zero-order valence-corrected chi connectivity index (χ0v) is 12.0. The molecule has 3 nitrogen and oxygen atoms in total. The Hall–Kier alpha value is -1.81. The Kier molecular flexibility index (Phi) is 4.22. The van der Waals surface area contributed by atoms with Gasteiger partial charge in [0.05, 0.1) is 31.8 Å². The third-order valence-electron chi connectivity index (χ3n) is 2.89. The minimum absolute atomic E-state index is 0.622. The lowest BCUT2D eigenvalue weighted by Crippen LogP contribution is -1.97. The van der Waals surface area contributed by atoms with E-state index in [2.05, 4.69) is 12.6 Å². The molecule has 0 heterocycles. The van der Waals surface area contributed by atoms with Crippen molar-refractivity contribution in [2.24, 2.45) is 0 Å². The molecule has 0 fully saturated rings. The van der Waals surface area contributed by atoms with Crippen molar-refractivity contribution in [2.45, 2.75) is 4.90 Å². The fraction of sp³-hybridized carbons (Fsp3) is 0.200. The monoisotopic (exact) mass is 276 g/mol. The molecule has 0 saturated carbocycles. The molecule has 2 aromatic carbocycles. The number of benzene rings is 2. The summed E-state index contributed by atoms with van der Waals surface area (Å²) in [5, 5.41) is 0. The van der Waals surface area contributed by atoms with Gasteiger partial charge in [-0.3, -0.25) is 0 Å². The lowest BCUT2D eigenvalue weighted by Gasteiger charge is -2.17. The fourth-order valence-electron chi connectivity index (χ4n) is 2.00. The summed E-state index contributed by atoms with van der Waals surface area (Å²) in [5.41, 5.74) is 1.88. The zero-order chi connectivity index (χ0) is 13.8. The first kappa shape index (κ1) is 13.6. The smallest absolute Gasteiger partial charge is 0.147 e. The highest BCUT2D eigenvalue weighted by molar-refractivity contribution is 7.80. The maximum Gasteiger partial charge on any atom is 0.147 e. The Balaban J connectivity index is 2.74. The van der Waals surface area contributed by atoms with E-state index in [1.807, 2.05) is 36.4 Å². The first-order valence-electron chi connectivity index (χ1n) is 5.80. The Morgan fingerprint density at radius 1 is 0.842 bits per heavy atom. The summed E-state index contributed by atoms with van der Waals surface area (Å²) in [7, 11) is 4.83. The molecule has 0 bridgehead atoms. The zero-order valence-electron chi connectivity index (χ0n) is 11.1. The van der Waals surface area contributed by atoms with E-state index in [4.69, 9.17) is 14.2 Å². The van der Waals surface area contributed by atoms with Crippen LogP contribution in [-0.2, 0) is 0 Å². The molecule has 0 amide bonds. The second-order valence-electron chi connectivity index (χ2n) is 3.90. The quantitative estimate of drug-likeness (QED) is 0.863. The van der Waals surface area contributed by atoms with Crippen LogP contribution in [0.5, 0.6) is 17.2 Å². The summed E-state index contributed by atoms with van der Waals surface area (Å²) in [6.45, 7) is 0. The Bertz CT molecular complexity index is 567. The van der Waals surface area contributed by atoms with E-state index < -0.39 is 0 Å². The Labute approximate surface area is 118 Å². The van der Waals surface area contributed by atoms with E-state index in [-0.39, 0.29) is 0 Å². The minimum atomic E-state index is 0.622. The van der Waals surface area contributed by atoms with Gasteiger partial charge in [0.15, 0.2) is 0 Å². The van der Waals surface area contributed by atoms with Crippen LogP contribution in [-0.4, -0.2) is 21.3 Å². The fourth-order valence-corrected chi connectivity index (χ4v) is 2.35. The first-order valence-corrected chi connectivity index (χ1v) is 6.25. The van der Waals surface area contributed by atoms with Gasteiger partial charge in [-0.05, 0) is 5.56 Å². The summed E-state index contributed by atoms with van der Waals surface area (Å²) in [5.74, 6) is 1.96. The highest BCUT2D eigenvalue weighted by atomic mass is 32.1. The van der Waals surface area contributed by atoms with E-state index in [0.29, 0.717) is 22.1 Å². The SMILES string of the molecule is COc1cc(OC)c(-c2ccccc2)c(OC)c1S. The van der Waals surface area contributed by atoms with Gasteiger partial charge < -0.3 is 14.2 Å². The number of hydrogen-bond donors (Lipinski definition) is 1. The van der Waals surface area contributed by atoms with Crippen LogP contribution in [0, 0.1) is 0 Å². The molecule has 0 aliphatic heterocycles. The second-order valence-corrected chi connectivity index (χ2v) is 4.35. The summed E-state index contributed by atoms with van der Waals surface area (Å²) < 4.78 is 16.2. The van der Waals surface area contributed by atoms with Gasteiger partial charge in [-0.15, -0.1) is 12.6 Å². The van der Waals surface area contributed by atoms with Gasteiger partial charge in [0.25, 0.3) is 0 Å². The molecule has 0 saturated heterocycles. The molecule has 19 heavy (non-hydrogen) atoms. The minimum Gasteiger partial charge on any atom is -0.496 e. The van der Waals surface area contributed by atoms with Crippen molar-refractivity contribution in [1.82, 2.24) is 0 Å². The van der Waals surface area contributed by atoms with Crippen molar-refractivity contribution in [3.05, 3.63) is 36.4 Å². The van der Waals surface area contributed by atoms with E-state index in [1.165, 1.54) is 0 Å². The summed E-state index contributed by atoms with van der Waals surface area (Å²) in [4.78, 5) is 0.657. The number of rotatable bonds is 4. The molecule has 4 heteroatoms.